The fraction of sp³-hybridized carbons (Fsp3) is 0.432. The van der Waals surface area contributed by atoms with E-state index in [2.05, 4.69) is 10.6 Å². The van der Waals surface area contributed by atoms with Crippen LogP contribution < -0.4 is 39.7 Å². The van der Waals surface area contributed by atoms with Crippen molar-refractivity contribution in [2.75, 3.05) is 54.0 Å². The van der Waals surface area contributed by atoms with E-state index >= 15 is 0 Å². The van der Waals surface area contributed by atoms with Crippen LogP contribution in [0.4, 0.5) is 5.69 Å². The van der Waals surface area contributed by atoms with E-state index in [1.54, 1.807) is 47.7 Å². The van der Waals surface area contributed by atoms with Gasteiger partial charge in [0.2, 0.25) is 23.0 Å². The predicted octanol–water partition coefficient (Wildman–Crippen LogP) is 5.44. The highest BCUT2D eigenvalue weighted by Crippen LogP contribution is 2.50. The second-order valence-corrected chi connectivity index (χ2v) is 12.0. The standard InChI is InChI=1S/C37H45N3O8/c1-22(41)39-28-15-11-23-19-33(46-4)36(47-5)37(48-6)35(23)25-14-16-29(31(42)21-27(25)28)38-17-7-10-34(43)40-18-8-9-30(40)26-13-12-24(44-2)20-32(26)45-3/h12-14,16,19-21,28,30H,7-11,15,17-18H2,1-6H3,(H,38,42)(H,39,41)/t28-,30?/m1/s1. The van der Waals surface area contributed by atoms with Crippen molar-refractivity contribution in [3.05, 3.63) is 69.4 Å². The Morgan fingerprint density at radius 2 is 1.62 bits per heavy atom. The highest BCUT2D eigenvalue weighted by molar-refractivity contribution is 5.84. The fourth-order valence-corrected chi connectivity index (χ4v) is 6.94. The van der Waals surface area contributed by atoms with Crippen molar-refractivity contribution in [2.45, 2.75) is 57.5 Å². The molecule has 1 saturated heterocycles. The molecule has 11 nitrogen and oxygen atoms in total. The predicted molar refractivity (Wildman–Crippen MR) is 184 cm³/mol. The van der Waals surface area contributed by atoms with Gasteiger partial charge in [0.15, 0.2) is 11.5 Å². The number of carbonyl (C=O) groups is 2. The van der Waals surface area contributed by atoms with Crippen LogP contribution >= 0.6 is 0 Å². The van der Waals surface area contributed by atoms with Crippen LogP contribution in [0.3, 0.4) is 0 Å². The maximum atomic E-state index is 13.6. The highest BCUT2D eigenvalue weighted by atomic mass is 16.5. The van der Waals surface area contributed by atoms with Gasteiger partial charge in [0.05, 0.1) is 53.3 Å². The van der Waals surface area contributed by atoms with Gasteiger partial charge < -0.3 is 39.2 Å². The van der Waals surface area contributed by atoms with Crippen LogP contribution in [0.15, 0.2) is 47.3 Å². The Kier molecular flexibility index (Phi) is 11.0. The second kappa shape index (κ2) is 15.3. The largest absolute Gasteiger partial charge is 0.497 e. The summed E-state index contributed by atoms with van der Waals surface area (Å²) in [5, 5.41) is 6.29. The van der Waals surface area contributed by atoms with Gasteiger partial charge in [0.1, 0.15) is 11.5 Å². The average Bonchev–Trinajstić information content (AvgIpc) is 3.47. The van der Waals surface area contributed by atoms with Gasteiger partial charge >= 0.3 is 0 Å². The Balaban J connectivity index is 1.37. The lowest BCUT2D eigenvalue weighted by Gasteiger charge is -2.26. The Hall–Kier alpha value is -4.93. The first kappa shape index (κ1) is 34.4. The molecule has 3 aromatic carbocycles. The maximum Gasteiger partial charge on any atom is 0.223 e. The zero-order chi connectivity index (χ0) is 34.4. The van der Waals surface area contributed by atoms with Crippen LogP contribution in [0.5, 0.6) is 28.7 Å². The first-order valence-electron chi connectivity index (χ1n) is 16.3. The minimum absolute atomic E-state index is 0.0573. The normalized spacial score (nSPS) is 16.6. The van der Waals surface area contributed by atoms with Gasteiger partial charge in [-0.2, -0.15) is 0 Å². The molecule has 0 aromatic heterocycles. The summed E-state index contributed by atoms with van der Waals surface area (Å²) in [5.41, 5.74) is 4.36. The lowest BCUT2D eigenvalue weighted by atomic mass is 9.95. The number of aryl methyl sites for hydroxylation is 1. The smallest absolute Gasteiger partial charge is 0.223 e. The van der Waals surface area contributed by atoms with Gasteiger partial charge in [-0.25, -0.2) is 0 Å². The molecule has 5 rings (SSSR count). The molecule has 11 heteroatoms. The van der Waals surface area contributed by atoms with Gasteiger partial charge in [0, 0.05) is 43.6 Å². The van der Waals surface area contributed by atoms with Crippen molar-refractivity contribution in [1.29, 1.82) is 0 Å². The molecule has 1 unspecified atom stereocenters. The minimum atomic E-state index is -0.394. The third-order valence-corrected chi connectivity index (χ3v) is 9.17. The molecule has 0 bridgehead atoms. The van der Waals surface area contributed by atoms with Gasteiger partial charge in [0.25, 0.3) is 0 Å². The van der Waals surface area contributed by atoms with E-state index in [0.29, 0.717) is 78.8 Å². The van der Waals surface area contributed by atoms with Crippen LogP contribution in [-0.2, 0) is 16.0 Å². The number of methoxy groups -OCH3 is 5. The maximum absolute atomic E-state index is 13.6. The fourth-order valence-electron chi connectivity index (χ4n) is 6.94. The molecule has 2 aliphatic rings. The molecule has 3 aromatic rings. The topological polar surface area (TPSA) is 125 Å². The lowest BCUT2D eigenvalue weighted by Crippen LogP contribution is -2.31. The number of ether oxygens (including phenoxy) is 5. The number of nitrogens with zero attached hydrogens (tertiary/aromatic N) is 1. The Labute approximate surface area is 281 Å². The van der Waals surface area contributed by atoms with Gasteiger partial charge in [-0.05, 0) is 79.1 Å². The van der Waals surface area contributed by atoms with Crippen molar-refractivity contribution in [3.8, 4) is 39.9 Å². The molecule has 0 spiro atoms. The SMILES string of the molecule is COc1ccc(C2CCCN2C(=O)CCCNc2ccc3c(cc2=O)[C@H](NC(C)=O)CCc2cc(OC)c(OC)c(OC)c2-3)c(OC)c1. The van der Waals surface area contributed by atoms with Gasteiger partial charge in [-0.15, -0.1) is 0 Å². The number of rotatable bonds is 12. The molecule has 2 amide bonds. The lowest BCUT2D eigenvalue weighted by molar-refractivity contribution is -0.132. The van der Waals surface area contributed by atoms with Crippen molar-refractivity contribution < 1.29 is 33.3 Å². The van der Waals surface area contributed by atoms with E-state index in [-0.39, 0.29) is 23.3 Å². The number of hydrogen-bond acceptors (Lipinski definition) is 9. The first-order valence-corrected chi connectivity index (χ1v) is 16.3. The van der Waals surface area contributed by atoms with Crippen molar-refractivity contribution in [1.82, 2.24) is 10.2 Å². The van der Waals surface area contributed by atoms with E-state index in [1.807, 2.05) is 35.2 Å². The van der Waals surface area contributed by atoms with E-state index in [9.17, 15) is 14.4 Å². The van der Waals surface area contributed by atoms with Crippen molar-refractivity contribution >= 4 is 17.5 Å². The van der Waals surface area contributed by atoms with E-state index in [0.717, 1.165) is 35.1 Å². The average molecular weight is 660 g/mol. The summed E-state index contributed by atoms with van der Waals surface area (Å²) in [6.07, 6.45) is 3.85. The van der Waals surface area contributed by atoms with E-state index in [4.69, 9.17) is 23.7 Å². The van der Waals surface area contributed by atoms with Crippen LogP contribution in [-0.4, -0.2) is 65.4 Å². The monoisotopic (exact) mass is 659 g/mol. The molecule has 1 heterocycles. The van der Waals surface area contributed by atoms with Crippen molar-refractivity contribution in [3.63, 3.8) is 0 Å². The van der Waals surface area contributed by atoms with Crippen LogP contribution in [0.25, 0.3) is 11.1 Å². The summed E-state index contributed by atoms with van der Waals surface area (Å²) in [7, 11) is 7.94. The van der Waals surface area contributed by atoms with Crippen LogP contribution in [0.2, 0.25) is 0 Å². The number of amides is 2. The van der Waals surface area contributed by atoms with Crippen LogP contribution in [0.1, 0.15) is 67.8 Å². The molecule has 1 aliphatic heterocycles. The number of carbonyl (C=O) groups excluding carboxylic acids is 2. The zero-order valence-corrected chi connectivity index (χ0v) is 28.6. The number of hydrogen-bond donors (Lipinski definition) is 2. The summed E-state index contributed by atoms with van der Waals surface area (Å²) >= 11 is 0. The quantitative estimate of drug-likeness (QED) is 0.245. The summed E-state index contributed by atoms with van der Waals surface area (Å²) in [4.78, 5) is 41.2. The summed E-state index contributed by atoms with van der Waals surface area (Å²) in [5.74, 6) is 2.77. The molecule has 2 atom stereocenters. The Morgan fingerprint density at radius 1 is 0.854 bits per heavy atom. The van der Waals surface area contributed by atoms with Gasteiger partial charge in [-0.1, -0.05) is 6.07 Å². The van der Waals surface area contributed by atoms with E-state index < -0.39 is 6.04 Å². The van der Waals surface area contributed by atoms with E-state index in [1.165, 1.54) is 6.92 Å². The summed E-state index contributed by atoms with van der Waals surface area (Å²) < 4.78 is 28.1. The number of likely N-dealkylation sites (tertiary alicyclic amines) is 1. The third-order valence-electron chi connectivity index (χ3n) is 9.17. The molecule has 2 N–H and O–H groups in total. The summed E-state index contributed by atoms with van der Waals surface area (Å²) in [6, 6.07) is 12.4. The first-order chi connectivity index (χ1) is 23.2. The minimum Gasteiger partial charge on any atom is -0.497 e. The van der Waals surface area contributed by atoms with Gasteiger partial charge in [-0.3, -0.25) is 14.4 Å². The molecular formula is C37H45N3O8. The second-order valence-electron chi connectivity index (χ2n) is 12.0. The number of nitrogens with one attached hydrogen (secondary N) is 2. The molecule has 256 valence electrons. The Morgan fingerprint density at radius 3 is 2.31 bits per heavy atom. The third kappa shape index (κ3) is 7.00. The Bertz CT molecular complexity index is 1730. The molecule has 1 fully saturated rings. The summed E-state index contributed by atoms with van der Waals surface area (Å²) in [6.45, 7) is 2.59. The van der Waals surface area contributed by atoms with Crippen LogP contribution in [0, 0.1) is 0 Å². The molecular weight excluding hydrogens is 614 g/mol. The number of benzene rings is 2. The molecule has 1 aliphatic carbocycles. The number of fused-ring (bicyclic) bond motifs is 3. The molecule has 48 heavy (non-hydrogen) atoms. The molecule has 0 radical (unpaired) electrons. The van der Waals surface area contributed by atoms with Crippen molar-refractivity contribution in [2.24, 2.45) is 0 Å². The molecule has 0 saturated carbocycles. The number of anilines is 1. The highest BCUT2D eigenvalue weighted by Gasteiger charge is 2.32. The zero-order valence-electron chi connectivity index (χ0n) is 28.6.